The highest BCUT2D eigenvalue weighted by atomic mass is 35.5. The molecule has 0 saturated heterocycles. The summed E-state index contributed by atoms with van der Waals surface area (Å²) in [6, 6.07) is 26.6. The second-order valence-electron chi connectivity index (χ2n) is 7.11. The second-order valence-corrected chi connectivity index (χ2v) is 7.54. The number of nitrogens with zero attached hydrogens (tertiary/aromatic N) is 2. The molecular formula is C23H19ClN2O. The lowest BCUT2D eigenvalue weighted by atomic mass is 9.92. The Kier molecular flexibility index (Phi) is 3.73. The van der Waals surface area contributed by atoms with E-state index in [1.165, 1.54) is 5.56 Å². The molecule has 0 unspecified atom stereocenters. The third-order valence-electron chi connectivity index (χ3n) is 5.42. The van der Waals surface area contributed by atoms with E-state index in [1.807, 2.05) is 42.5 Å². The quantitative estimate of drug-likeness (QED) is 0.570. The monoisotopic (exact) mass is 374 g/mol. The van der Waals surface area contributed by atoms with Crippen molar-refractivity contribution in [2.24, 2.45) is 5.10 Å². The van der Waals surface area contributed by atoms with Crippen LogP contribution in [0.2, 0.25) is 5.02 Å². The fraction of sp³-hybridized carbons (Fsp3) is 0.174. The molecule has 3 nitrogen and oxygen atoms in total. The SMILES string of the molecule is C[C@@]1(c2ccc(Cl)cc2)Oc2ccccc2[C@@H]2CC(c3ccccc3)=NN21. The van der Waals surface area contributed by atoms with E-state index in [1.54, 1.807) is 0 Å². The van der Waals surface area contributed by atoms with Gasteiger partial charge in [-0.3, -0.25) is 0 Å². The Labute approximate surface area is 163 Å². The molecule has 3 aromatic carbocycles. The van der Waals surface area contributed by atoms with Crippen molar-refractivity contribution >= 4 is 17.3 Å². The zero-order chi connectivity index (χ0) is 18.4. The van der Waals surface area contributed by atoms with E-state index >= 15 is 0 Å². The summed E-state index contributed by atoms with van der Waals surface area (Å²) in [7, 11) is 0. The van der Waals surface area contributed by atoms with Gasteiger partial charge in [0.2, 0.25) is 5.72 Å². The molecule has 2 aliphatic heterocycles. The number of fused-ring (bicyclic) bond motifs is 3. The summed E-state index contributed by atoms with van der Waals surface area (Å²) in [6.07, 6.45) is 0.855. The van der Waals surface area contributed by atoms with Gasteiger partial charge in [-0.1, -0.05) is 72.3 Å². The molecule has 0 amide bonds. The van der Waals surface area contributed by atoms with Gasteiger partial charge in [0.1, 0.15) is 5.75 Å². The van der Waals surface area contributed by atoms with E-state index in [4.69, 9.17) is 21.4 Å². The molecule has 27 heavy (non-hydrogen) atoms. The smallest absolute Gasteiger partial charge is 0.221 e. The first-order valence-corrected chi connectivity index (χ1v) is 9.49. The maximum absolute atomic E-state index is 6.52. The van der Waals surface area contributed by atoms with E-state index in [2.05, 4.69) is 48.3 Å². The molecule has 0 aliphatic carbocycles. The molecule has 0 spiro atoms. The Balaban J connectivity index is 1.65. The Morgan fingerprint density at radius 3 is 2.44 bits per heavy atom. The van der Waals surface area contributed by atoms with Gasteiger partial charge in [0.15, 0.2) is 0 Å². The van der Waals surface area contributed by atoms with Crippen molar-refractivity contribution in [3.05, 3.63) is 101 Å². The highest BCUT2D eigenvalue weighted by molar-refractivity contribution is 6.30. The number of benzene rings is 3. The summed E-state index contributed by atoms with van der Waals surface area (Å²) in [5.41, 5.74) is 3.76. The minimum absolute atomic E-state index is 0.144. The number of hydrogen-bond acceptors (Lipinski definition) is 3. The second kappa shape index (κ2) is 6.14. The molecule has 134 valence electrons. The molecule has 0 N–H and O–H groups in total. The van der Waals surface area contributed by atoms with Crippen molar-refractivity contribution in [1.82, 2.24) is 5.01 Å². The first-order chi connectivity index (χ1) is 13.1. The molecule has 2 atom stereocenters. The first kappa shape index (κ1) is 16.4. The van der Waals surface area contributed by atoms with Crippen molar-refractivity contribution in [2.45, 2.75) is 25.1 Å². The summed E-state index contributed by atoms with van der Waals surface area (Å²) in [5, 5.41) is 7.85. The van der Waals surface area contributed by atoms with Crippen LogP contribution in [0.15, 0.2) is 84.0 Å². The molecule has 2 heterocycles. The van der Waals surface area contributed by atoms with Crippen molar-refractivity contribution in [1.29, 1.82) is 0 Å². The van der Waals surface area contributed by atoms with E-state index < -0.39 is 5.72 Å². The van der Waals surface area contributed by atoms with Crippen molar-refractivity contribution in [3.8, 4) is 5.75 Å². The number of halogens is 1. The summed E-state index contributed by atoms with van der Waals surface area (Å²) in [6.45, 7) is 2.08. The molecular weight excluding hydrogens is 356 g/mol. The molecule has 5 rings (SSSR count). The van der Waals surface area contributed by atoms with Crippen LogP contribution < -0.4 is 4.74 Å². The highest BCUT2D eigenvalue weighted by Crippen LogP contribution is 2.50. The predicted molar refractivity (Wildman–Crippen MR) is 108 cm³/mol. The van der Waals surface area contributed by atoms with Gasteiger partial charge in [-0.05, 0) is 23.8 Å². The lowest BCUT2D eigenvalue weighted by Crippen LogP contribution is -2.48. The van der Waals surface area contributed by atoms with Crippen molar-refractivity contribution in [3.63, 3.8) is 0 Å². The lowest BCUT2D eigenvalue weighted by molar-refractivity contribution is -0.112. The van der Waals surface area contributed by atoms with Crippen LogP contribution in [-0.2, 0) is 5.72 Å². The molecule has 3 aromatic rings. The van der Waals surface area contributed by atoms with Crippen molar-refractivity contribution < 1.29 is 4.74 Å². The Morgan fingerprint density at radius 2 is 1.67 bits per heavy atom. The van der Waals surface area contributed by atoms with Crippen LogP contribution >= 0.6 is 11.6 Å². The van der Waals surface area contributed by atoms with Gasteiger partial charge in [-0.2, -0.15) is 5.10 Å². The molecule has 2 aliphatic rings. The number of para-hydroxylation sites is 1. The third-order valence-corrected chi connectivity index (χ3v) is 5.67. The maximum Gasteiger partial charge on any atom is 0.221 e. The summed E-state index contributed by atoms with van der Waals surface area (Å²) in [5.74, 6) is 0.917. The standard InChI is InChI=1S/C23H19ClN2O/c1-23(17-11-13-18(24)14-12-17)26-21(19-9-5-6-10-22(19)27-23)15-20(25-26)16-7-3-2-4-8-16/h2-14,21H,15H2,1H3/t21-,23-/m0/s1. The fourth-order valence-corrected chi connectivity index (χ4v) is 4.14. The number of hydrazone groups is 1. The van der Waals surface area contributed by atoms with Crippen LogP contribution in [0.3, 0.4) is 0 Å². The molecule has 0 aromatic heterocycles. The van der Waals surface area contributed by atoms with Crippen LogP contribution in [0, 0.1) is 0 Å². The molecule has 4 heteroatoms. The average Bonchev–Trinajstić information content (AvgIpc) is 3.16. The maximum atomic E-state index is 6.52. The lowest BCUT2D eigenvalue weighted by Gasteiger charge is -2.46. The number of hydrogen-bond donors (Lipinski definition) is 0. The van der Waals surface area contributed by atoms with Gasteiger partial charge in [-0.15, -0.1) is 0 Å². The Hall–Kier alpha value is -2.78. The predicted octanol–water partition coefficient (Wildman–Crippen LogP) is 5.76. The van der Waals surface area contributed by atoms with E-state index in [0.29, 0.717) is 5.02 Å². The molecule has 0 saturated carbocycles. The Bertz CT molecular complexity index is 1020. The molecule has 0 radical (unpaired) electrons. The first-order valence-electron chi connectivity index (χ1n) is 9.11. The molecule has 0 bridgehead atoms. The van der Waals surface area contributed by atoms with Gasteiger partial charge in [-0.25, -0.2) is 5.01 Å². The zero-order valence-electron chi connectivity index (χ0n) is 15.0. The van der Waals surface area contributed by atoms with Crippen LogP contribution in [0.25, 0.3) is 0 Å². The summed E-state index contributed by atoms with van der Waals surface area (Å²) in [4.78, 5) is 0. The normalized spacial score (nSPS) is 23.3. The summed E-state index contributed by atoms with van der Waals surface area (Å²) < 4.78 is 6.52. The van der Waals surface area contributed by atoms with Crippen LogP contribution in [0.1, 0.15) is 36.1 Å². The van der Waals surface area contributed by atoms with Crippen molar-refractivity contribution in [2.75, 3.05) is 0 Å². The van der Waals surface area contributed by atoms with E-state index in [-0.39, 0.29) is 6.04 Å². The minimum atomic E-state index is -0.694. The van der Waals surface area contributed by atoms with Crippen LogP contribution in [0.4, 0.5) is 0 Å². The van der Waals surface area contributed by atoms with Gasteiger partial charge in [0.05, 0.1) is 11.8 Å². The zero-order valence-corrected chi connectivity index (χ0v) is 15.7. The number of rotatable bonds is 2. The number of ether oxygens (including phenoxy) is 1. The van der Waals surface area contributed by atoms with E-state index in [0.717, 1.165) is 29.0 Å². The van der Waals surface area contributed by atoms with Crippen LogP contribution in [-0.4, -0.2) is 10.7 Å². The highest BCUT2D eigenvalue weighted by Gasteiger charge is 2.48. The molecule has 0 fully saturated rings. The average molecular weight is 375 g/mol. The van der Waals surface area contributed by atoms with Gasteiger partial charge in [0.25, 0.3) is 0 Å². The minimum Gasteiger partial charge on any atom is -0.462 e. The fourth-order valence-electron chi connectivity index (χ4n) is 4.01. The Morgan fingerprint density at radius 1 is 0.963 bits per heavy atom. The van der Waals surface area contributed by atoms with Gasteiger partial charge < -0.3 is 4.74 Å². The van der Waals surface area contributed by atoms with E-state index in [9.17, 15) is 0 Å². The third kappa shape index (κ3) is 2.62. The van der Waals surface area contributed by atoms with Gasteiger partial charge in [0, 0.05) is 29.5 Å². The topological polar surface area (TPSA) is 24.8 Å². The van der Waals surface area contributed by atoms with Gasteiger partial charge >= 0.3 is 0 Å². The summed E-state index contributed by atoms with van der Waals surface area (Å²) >= 11 is 6.11. The largest absolute Gasteiger partial charge is 0.462 e. The van der Waals surface area contributed by atoms with Crippen LogP contribution in [0.5, 0.6) is 5.75 Å².